The number of nitro groups is 2. The highest BCUT2D eigenvalue weighted by molar-refractivity contribution is 5.99. The zero-order valence-corrected chi connectivity index (χ0v) is 13.3. The number of hydrogen-bond acceptors (Lipinski definition) is 8. The van der Waals surface area contributed by atoms with Crippen LogP contribution in [0.15, 0.2) is 41.5 Å². The van der Waals surface area contributed by atoms with E-state index in [4.69, 9.17) is 0 Å². The molecule has 0 saturated carbocycles. The molecule has 0 saturated heterocycles. The average molecular weight is 370 g/mol. The zero-order valence-electron chi connectivity index (χ0n) is 13.3. The third kappa shape index (κ3) is 3.53. The molecule has 0 bridgehead atoms. The predicted molar refractivity (Wildman–Crippen MR) is 92.6 cm³/mol. The van der Waals surface area contributed by atoms with Crippen LogP contribution < -0.4 is 5.43 Å². The van der Waals surface area contributed by atoms with Crippen LogP contribution in [0.3, 0.4) is 0 Å². The summed E-state index contributed by atoms with van der Waals surface area (Å²) in [5.41, 5.74) is 1.12. The number of carbonyl (C=O) groups excluding carboxylic acids is 1. The third-order valence-corrected chi connectivity index (χ3v) is 3.49. The number of phenolic OH excluding ortho intramolecular Hbond substituents is 1. The van der Waals surface area contributed by atoms with E-state index in [1.807, 2.05) is 5.43 Å². The van der Waals surface area contributed by atoms with E-state index in [1.165, 1.54) is 6.21 Å². The number of H-pyrrole nitrogens is 1. The summed E-state index contributed by atoms with van der Waals surface area (Å²) in [4.78, 5) is 39.1. The van der Waals surface area contributed by atoms with E-state index >= 15 is 0 Å². The number of nitrogens with one attached hydrogen (secondary N) is 2. The molecule has 0 aliphatic heterocycles. The van der Waals surface area contributed by atoms with Crippen molar-refractivity contribution in [3.05, 3.63) is 68.0 Å². The first kappa shape index (κ1) is 17.5. The van der Waals surface area contributed by atoms with Crippen molar-refractivity contribution in [2.45, 2.75) is 0 Å². The van der Waals surface area contributed by atoms with Crippen molar-refractivity contribution >= 4 is 34.5 Å². The number of imidazole rings is 1. The minimum absolute atomic E-state index is 0.325. The standard InChI is InChI=1S/C15H10N6O6/c22-14-9(5-8(20(24)25)6-12(14)21(26)27)15(23)19-16-7-13-17-10-3-1-2-4-11(10)18-13/h1-7,22H,(H,17,18)(H,19,23)/b16-7-. The van der Waals surface area contributed by atoms with Gasteiger partial charge in [0.05, 0.1) is 38.7 Å². The van der Waals surface area contributed by atoms with Crippen molar-refractivity contribution < 1.29 is 19.7 Å². The largest absolute Gasteiger partial charge is 0.502 e. The number of fused-ring (bicyclic) bond motifs is 1. The predicted octanol–water partition coefficient (Wildman–Crippen LogP) is 1.85. The fraction of sp³-hybridized carbons (Fsp3) is 0. The molecule has 0 spiro atoms. The monoisotopic (exact) mass is 370 g/mol. The first-order valence-corrected chi connectivity index (χ1v) is 7.30. The summed E-state index contributed by atoms with van der Waals surface area (Å²) in [5.74, 6) is -1.74. The number of aromatic hydroxyl groups is 1. The Kier molecular flexibility index (Phi) is 4.45. The Morgan fingerprint density at radius 2 is 1.96 bits per heavy atom. The summed E-state index contributed by atoms with van der Waals surface area (Å²) in [6, 6.07) is 8.43. The number of rotatable bonds is 5. The van der Waals surface area contributed by atoms with Gasteiger partial charge in [-0.25, -0.2) is 10.4 Å². The smallest absolute Gasteiger partial charge is 0.318 e. The Balaban J connectivity index is 1.85. The van der Waals surface area contributed by atoms with Crippen molar-refractivity contribution in [3.8, 4) is 5.75 Å². The second-order valence-electron chi connectivity index (χ2n) is 5.21. The molecule has 0 radical (unpaired) electrons. The highest BCUT2D eigenvalue weighted by Crippen LogP contribution is 2.34. The van der Waals surface area contributed by atoms with Gasteiger partial charge >= 0.3 is 5.69 Å². The second-order valence-corrected chi connectivity index (χ2v) is 5.21. The molecule has 3 N–H and O–H groups in total. The maximum absolute atomic E-state index is 12.1. The van der Waals surface area contributed by atoms with E-state index in [0.717, 1.165) is 5.52 Å². The lowest BCUT2D eigenvalue weighted by Gasteiger charge is -2.03. The van der Waals surface area contributed by atoms with Crippen molar-refractivity contribution in [3.63, 3.8) is 0 Å². The van der Waals surface area contributed by atoms with Crippen molar-refractivity contribution in [2.24, 2.45) is 5.10 Å². The van der Waals surface area contributed by atoms with E-state index in [1.54, 1.807) is 24.3 Å². The molecular weight excluding hydrogens is 360 g/mol. The van der Waals surface area contributed by atoms with Crippen LogP contribution in [0.1, 0.15) is 16.2 Å². The number of hydrazone groups is 1. The minimum Gasteiger partial charge on any atom is -0.502 e. The molecule has 2 aromatic carbocycles. The number of nitro benzene ring substituents is 2. The fourth-order valence-corrected chi connectivity index (χ4v) is 2.27. The topological polar surface area (TPSA) is 177 Å². The van der Waals surface area contributed by atoms with Crippen LogP contribution in [0.4, 0.5) is 11.4 Å². The van der Waals surface area contributed by atoms with Crippen LogP contribution in [0, 0.1) is 20.2 Å². The van der Waals surface area contributed by atoms with E-state index < -0.39 is 38.4 Å². The number of amides is 1. The van der Waals surface area contributed by atoms with Crippen LogP contribution >= 0.6 is 0 Å². The van der Waals surface area contributed by atoms with Gasteiger partial charge in [-0.15, -0.1) is 0 Å². The molecule has 1 amide bonds. The van der Waals surface area contributed by atoms with Crippen molar-refractivity contribution in [1.29, 1.82) is 0 Å². The number of aromatic amines is 1. The number of hydrogen-bond donors (Lipinski definition) is 3. The van der Waals surface area contributed by atoms with Gasteiger partial charge < -0.3 is 10.1 Å². The lowest BCUT2D eigenvalue weighted by molar-refractivity contribution is -0.394. The fourth-order valence-electron chi connectivity index (χ4n) is 2.27. The van der Waals surface area contributed by atoms with Gasteiger partial charge in [-0.3, -0.25) is 25.0 Å². The van der Waals surface area contributed by atoms with Gasteiger partial charge in [-0.05, 0) is 12.1 Å². The molecule has 0 atom stereocenters. The second kappa shape index (κ2) is 6.87. The minimum atomic E-state index is -1.06. The van der Waals surface area contributed by atoms with Crippen molar-refractivity contribution in [1.82, 2.24) is 15.4 Å². The number of benzene rings is 2. The lowest BCUT2D eigenvalue weighted by atomic mass is 10.1. The Hall–Kier alpha value is -4.35. The summed E-state index contributed by atoms with van der Waals surface area (Å²) in [6.45, 7) is 0. The lowest BCUT2D eigenvalue weighted by Crippen LogP contribution is -2.18. The molecule has 3 aromatic rings. The van der Waals surface area contributed by atoms with Crippen LogP contribution in [0.5, 0.6) is 5.75 Å². The molecule has 3 rings (SSSR count). The van der Waals surface area contributed by atoms with Crippen LogP contribution in [-0.4, -0.2) is 37.0 Å². The molecule has 1 heterocycles. The molecule has 0 fully saturated rings. The summed E-state index contributed by atoms with van der Waals surface area (Å²) in [7, 11) is 0. The molecule has 12 nitrogen and oxygen atoms in total. The van der Waals surface area contributed by atoms with Gasteiger partial charge in [0.2, 0.25) is 5.75 Å². The Morgan fingerprint density at radius 1 is 1.22 bits per heavy atom. The summed E-state index contributed by atoms with van der Waals surface area (Å²) in [5, 5.41) is 35.3. The van der Waals surface area contributed by atoms with E-state index in [0.29, 0.717) is 23.5 Å². The number of aromatic nitrogens is 2. The Labute approximate surface area is 149 Å². The third-order valence-electron chi connectivity index (χ3n) is 3.49. The number of para-hydroxylation sites is 2. The first-order chi connectivity index (χ1) is 12.9. The molecule has 1 aromatic heterocycles. The molecule has 0 aliphatic carbocycles. The van der Waals surface area contributed by atoms with Gasteiger partial charge in [0.25, 0.3) is 11.6 Å². The highest BCUT2D eigenvalue weighted by Gasteiger charge is 2.27. The number of phenols is 1. The van der Waals surface area contributed by atoms with E-state index in [9.17, 15) is 30.1 Å². The number of nitrogens with zero attached hydrogens (tertiary/aromatic N) is 4. The SMILES string of the molecule is O=C(N/N=C\c1nc2ccccc2[nH]1)c1cc([N+](=O)[O-])cc([N+](=O)[O-])c1O. The molecule has 136 valence electrons. The van der Waals surface area contributed by atoms with E-state index in [2.05, 4.69) is 15.1 Å². The number of non-ortho nitro benzene ring substituents is 1. The molecule has 0 unspecified atom stereocenters. The summed E-state index contributed by atoms with van der Waals surface area (Å²) in [6.07, 6.45) is 1.18. The van der Waals surface area contributed by atoms with Crippen LogP contribution in [0.2, 0.25) is 0 Å². The molecule has 27 heavy (non-hydrogen) atoms. The van der Waals surface area contributed by atoms with Gasteiger partial charge in [0.15, 0.2) is 5.82 Å². The normalized spacial score (nSPS) is 11.0. The van der Waals surface area contributed by atoms with Crippen molar-refractivity contribution in [2.75, 3.05) is 0 Å². The average Bonchev–Trinajstić information content (AvgIpc) is 3.04. The Morgan fingerprint density at radius 3 is 2.63 bits per heavy atom. The summed E-state index contributed by atoms with van der Waals surface area (Å²) >= 11 is 0. The maximum atomic E-state index is 12.1. The Bertz CT molecular complexity index is 1070. The number of carbonyl (C=O) groups is 1. The highest BCUT2D eigenvalue weighted by atomic mass is 16.6. The zero-order chi connectivity index (χ0) is 19.6. The van der Waals surface area contributed by atoms with Crippen LogP contribution in [0.25, 0.3) is 11.0 Å². The van der Waals surface area contributed by atoms with Gasteiger partial charge in [-0.1, -0.05) is 12.1 Å². The maximum Gasteiger partial charge on any atom is 0.318 e. The first-order valence-electron chi connectivity index (χ1n) is 7.30. The quantitative estimate of drug-likeness (QED) is 0.348. The molecular formula is C15H10N6O6. The van der Waals surface area contributed by atoms with Gasteiger partial charge in [0, 0.05) is 6.07 Å². The van der Waals surface area contributed by atoms with Gasteiger partial charge in [-0.2, -0.15) is 5.10 Å². The van der Waals surface area contributed by atoms with E-state index in [-0.39, 0.29) is 0 Å². The van der Waals surface area contributed by atoms with Gasteiger partial charge in [0.1, 0.15) is 0 Å². The molecule has 0 aliphatic rings. The van der Waals surface area contributed by atoms with Crippen LogP contribution in [-0.2, 0) is 0 Å². The molecule has 12 heteroatoms. The summed E-state index contributed by atoms with van der Waals surface area (Å²) < 4.78 is 0.